The second-order valence-electron chi connectivity index (χ2n) is 7.62. The van der Waals surface area contributed by atoms with Gasteiger partial charge in [-0.15, -0.1) is 0 Å². The van der Waals surface area contributed by atoms with E-state index in [0.717, 1.165) is 33.2 Å². The lowest BCUT2D eigenvalue weighted by Gasteiger charge is -2.20. The molecule has 0 fully saturated rings. The first-order chi connectivity index (χ1) is 14.5. The predicted octanol–water partition coefficient (Wildman–Crippen LogP) is 4.47. The number of aryl methyl sites for hydroxylation is 3. The Morgan fingerprint density at radius 1 is 1.10 bits per heavy atom. The standard InChI is InChI=1S/C23H24F3N3O2/c1-5-16-6-8-17(9-7-16)12-27-21(30)15(4)29-19-11-14(3)13(2)10-18(19)28-20(22(29)31)23(24,25)26/h6-11,15H,5,12H2,1-4H3,(H,27,30). The number of rotatable bonds is 5. The molecule has 0 saturated heterocycles. The van der Waals surface area contributed by atoms with Crippen molar-refractivity contribution in [3.8, 4) is 0 Å². The maximum atomic E-state index is 13.5. The Hall–Kier alpha value is -3.16. The van der Waals surface area contributed by atoms with Gasteiger partial charge in [-0.1, -0.05) is 31.2 Å². The van der Waals surface area contributed by atoms with Crippen molar-refractivity contribution in [2.75, 3.05) is 0 Å². The highest BCUT2D eigenvalue weighted by atomic mass is 19.4. The number of carbonyl (C=O) groups is 1. The summed E-state index contributed by atoms with van der Waals surface area (Å²) in [4.78, 5) is 29.1. The summed E-state index contributed by atoms with van der Waals surface area (Å²) in [5.41, 5.74) is 0.879. The Morgan fingerprint density at radius 2 is 1.68 bits per heavy atom. The van der Waals surface area contributed by atoms with Crippen LogP contribution in [-0.4, -0.2) is 15.5 Å². The van der Waals surface area contributed by atoms with Crippen LogP contribution in [0.2, 0.25) is 0 Å². The largest absolute Gasteiger partial charge is 0.438 e. The van der Waals surface area contributed by atoms with E-state index in [2.05, 4.69) is 10.3 Å². The number of hydrogen-bond acceptors (Lipinski definition) is 3. The monoisotopic (exact) mass is 431 g/mol. The smallest absolute Gasteiger partial charge is 0.350 e. The van der Waals surface area contributed by atoms with E-state index >= 15 is 0 Å². The van der Waals surface area contributed by atoms with Gasteiger partial charge in [0.2, 0.25) is 11.6 Å². The summed E-state index contributed by atoms with van der Waals surface area (Å²) >= 11 is 0. The van der Waals surface area contributed by atoms with Crippen LogP contribution in [-0.2, 0) is 23.9 Å². The molecular formula is C23H24F3N3O2. The second-order valence-corrected chi connectivity index (χ2v) is 7.62. The summed E-state index contributed by atoms with van der Waals surface area (Å²) in [6, 6.07) is 9.59. The zero-order valence-corrected chi connectivity index (χ0v) is 17.8. The zero-order chi connectivity index (χ0) is 22.9. The highest BCUT2D eigenvalue weighted by Gasteiger charge is 2.38. The van der Waals surface area contributed by atoms with Crippen molar-refractivity contribution in [2.45, 2.75) is 52.9 Å². The van der Waals surface area contributed by atoms with Gasteiger partial charge in [-0.25, -0.2) is 4.98 Å². The number of benzene rings is 2. The molecule has 3 aromatic rings. The molecule has 1 N–H and O–H groups in total. The molecule has 5 nitrogen and oxygen atoms in total. The van der Waals surface area contributed by atoms with Gasteiger partial charge in [-0.05, 0) is 61.6 Å². The molecule has 3 rings (SSSR count). The number of carbonyl (C=O) groups excluding carboxylic acids is 1. The van der Waals surface area contributed by atoms with Crippen LogP contribution < -0.4 is 10.9 Å². The van der Waals surface area contributed by atoms with E-state index < -0.39 is 29.4 Å². The summed E-state index contributed by atoms with van der Waals surface area (Å²) in [7, 11) is 0. The van der Waals surface area contributed by atoms with E-state index in [1.165, 1.54) is 13.0 Å². The molecule has 0 aliphatic heterocycles. The van der Waals surface area contributed by atoms with E-state index in [1.807, 2.05) is 31.2 Å². The molecule has 1 amide bonds. The predicted molar refractivity (Wildman–Crippen MR) is 113 cm³/mol. The number of hydrogen-bond donors (Lipinski definition) is 1. The van der Waals surface area contributed by atoms with E-state index in [1.54, 1.807) is 19.9 Å². The van der Waals surface area contributed by atoms with Crippen LogP contribution in [0.15, 0.2) is 41.2 Å². The van der Waals surface area contributed by atoms with Crippen LogP contribution in [0.4, 0.5) is 13.2 Å². The molecule has 8 heteroatoms. The summed E-state index contributed by atoms with van der Waals surface area (Å²) in [6.45, 7) is 7.18. The minimum absolute atomic E-state index is 0.0184. The van der Waals surface area contributed by atoms with Crippen LogP contribution in [0.1, 0.15) is 47.8 Å². The molecule has 0 saturated carbocycles. The van der Waals surface area contributed by atoms with Gasteiger partial charge in [-0.2, -0.15) is 13.2 Å². The van der Waals surface area contributed by atoms with Crippen LogP contribution in [0.5, 0.6) is 0 Å². The minimum Gasteiger partial charge on any atom is -0.350 e. The quantitative estimate of drug-likeness (QED) is 0.648. The molecule has 31 heavy (non-hydrogen) atoms. The third-order valence-electron chi connectivity index (χ3n) is 5.44. The lowest BCUT2D eigenvalue weighted by Crippen LogP contribution is -2.39. The average Bonchev–Trinajstić information content (AvgIpc) is 2.72. The van der Waals surface area contributed by atoms with Gasteiger partial charge in [0.1, 0.15) is 6.04 Å². The van der Waals surface area contributed by atoms with Crippen LogP contribution >= 0.6 is 0 Å². The highest BCUT2D eigenvalue weighted by Crippen LogP contribution is 2.28. The van der Waals surface area contributed by atoms with E-state index in [0.29, 0.717) is 0 Å². The number of nitrogens with zero attached hydrogens (tertiary/aromatic N) is 2. The number of fused-ring (bicyclic) bond motifs is 1. The van der Waals surface area contributed by atoms with Crippen LogP contribution in [0.3, 0.4) is 0 Å². The fourth-order valence-corrected chi connectivity index (χ4v) is 3.38. The molecule has 1 atom stereocenters. The number of halogens is 3. The maximum absolute atomic E-state index is 13.5. The fraction of sp³-hybridized carbons (Fsp3) is 0.348. The van der Waals surface area contributed by atoms with Crippen molar-refractivity contribution >= 4 is 16.9 Å². The van der Waals surface area contributed by atoms with Crippen molar-refractivity contribution in [3.05, 3.63) is 74.7 Å². The molecule has 1 unspecified atom stereocenters. The lowest BCUT2D eigenvalue weighted by molar-refractivity contribution is -0.142. The maximum Gasteiger partial charge on any atom is 0.438 e. The van der Waals surface area contributed by atoms with Gasteiger partial charge >= 0.3 is 6.18 Å². The molecule has 164 valence electrons. The molecule has 0 aliphatic rings. The normalized spacial score (nSPS) is 12.7. The van der Waals surface area contributed by atoms with Crippen LogP contribution in [0, 0.1) is 13.8 Å². The van der Waals surface area contributed by atoms with Crippen molar-refractivity contribution in [3.63, 3.8) is 0 Å². The number of alkyl halides is 3. The third-order valence-corrected chi connectivity index (χ3v) is 5.44. The summed E-state index contributed by atoms with van der Waals surface area (Å²) in [5, 5.41) is 2.71. The van der Waals surface area contributed by atoms with Crippen molar-refractivity contribution < 1.29 is 18.0 Å². The van der Waals surface area contributed by atoms with Gasteiger partial charge in [0.05, 0.1) is 11.0 Å². The average molecular weight is 431 g/mol. The van der Waals surface area contributed by atoms with Crippen molar-refractivity contribution in [1.82, 2.24) is 14.9 Å². The molecule has 1 heterocycles. The first-order valence-corrected chi connectivity index (χ1v) is 9.99. The van der Waals surface area contributed by atoms with E-state index in [4.69, 9.17) is 0 Å². The summed E-state index contributed by atoms with van der Waals surface area (Å²) in [6.07, 6.45) is -4.04. The van der Waals surface area contributed by atoms with Crippen molar-refractivity contribution in [2.24, 2.45) is 0 Å². The molecule has 0 radical (unpaired) electrons. The molecule has 0 spiro atoms. The molecular weight excluding hydrogens is 407 g/mol. The van der Waals surface area contributed by atoms with Gasteiger partial charge in [0.15, 0.2) is 0 Å². The van der Waals surface area contributed by atoms with Gasteiger partial charge in [0, 0.05) is 6.54 Å². The second kappa shape index (κ2) is 8.53. The molecule has 1 aromatic heterocycles. The fourth-order valence-electron chi connectivity index (χ4n) is 3.38. The van der Waals surface area contributed by atoms with Gasteiger partial charge < -0.3 is 5.32 Å². The molecule has 2 aromatic carbocycles. The van der Waals surface area contributed by atoms with Crippen LogP contribution in [0.25, 0.3) is 11.0 Å². The molecule has 0 bridgehead atoms. The Bertz CT molecular complexity index is 1180. The SMILES string of the molecule is CCc1ccc(CNC(=O)C(C)n2c(=O)c(C(F)(F)F)nc3cc(C)c(C)cc32)cc1. The lowest BCUT2D eigenvalue weighted by atomic mass is 10.1. The number of nitrogens with one attached hydrogen (secondary N) is 1. The zero-order valence-electron chi connectivity index (χ0n) is 17.8. The number of amides is 1. The van der Waals surface area contributed by atoms with Crippen molar-refractivity contribution in [1.29, 1.82) is 0 Å². The Morgan fingerprint density at radius 3 is 2.26 bits per heavy atom. The first-order valence-electron chi connectivity index (χ1n) is 9.99. The Labute approximate surface area is 177 Å². The first kappa shape index (κ1) is 22.5. The summed E-state index contributed by atoms with van der Waals surface area (Å²) < 4.78 is 41.2. The molecule has 0 aliphatic carbocycles. The highest BCUT2D eigenvalue weighted by molar-refractivity contribution is 5.84. The summed E-state index contributed by atoms with van der Waals surface area (Å²) in [5.74, 6) is -0.555. The minimum atomic E-state index is -4.93. The third kappa shape index (κ3) is 4.62. The van der Waals surface area contributed by atoms with Gasteiger partial charge in [-0.3, -0.25) is 14.2 Å². The topological polar surface area (TPSA) is 64.0 Å². The van der Waals surface area contributed by atoms with E-state index in [9.17, 15) is 22.8 Å². The van der Waals surface area contributed by atoms with Gasteiger partial charge in [0.25, 0.3) is 5.56 Å². The Kier molecular flexibility index (Phi) is 6.20. The Balaban J connectivity index is 2.00. The number of aromatic nitrogens is 2. The van der Waals surface area contributed by atoms with E-state index in [-0.39, 0.29) is 17.6 Å².